The zero-order chi connectivity index (χ0) is 13.7. The fourth-order valence-electron chi connectivity index (χ4n) is 2.15. The van der Waals surface area contributed by atoms with Crippen molar-refractivity contribution in [2.45, 2.75) is 0 Å². The molecule has 0 amide bonds. The first-order valence-electron chi connectivity index (χ1n) is 6.38. The van der Waals surface area contributed by atoms with Gasteiger partial charge in [0, 0.05) is 37.8 Å². The predicted octanol–water partition coefficient (Wildman–Crippen LogP) is 0.967. The maximum atomic E-state index is 5.66. The number of anilines is 1. The second-order valence-electron chi connectivity index (χ2n) is 4.29. The van der Waals surface area contributed by atoms with Crippen LogP contribution in [0.25, 0.3) is 10.8 Å². The summed E-state index contributed by atoms with van der Waals surface area (Å²) < 4.78 is 5.28. The minimum Gasteiger partial charge on any atom is -0.497 e. The largest absolute Gasteiger partial charge is 0.497 e. The number of hydrogen-bond donors (Lipinski definition) is 2. The summed E-state index contributed by atoms with van der Waals surface area (Å²) in [5, 5.41) is 2.19. The van der Waals surface area contributed by atoms with Crippen LogP contribution in [0.15, 0.2) is 30.5 Å². The maximum Gasteiger partial charge on any atom is 0.136 e. The lowest BCUT2D eigenvalue weighted by Crippen LogP contribution is -2.34. The molecule has 1 aromatic carbocycles. The van der Waals surface area contributed by atoms with E-state index in [1.807, 2.05) is 30.5 Å². The van der Waals surface area contributed by atoms with Gasteiger partial charge in [-0.2, -0.15) is 0 Å². The van der Waals surface area contributed by atoms with Crippen molar-refractivity contribution in [3.8, 4) is 5.75 Å². The third-order valence-corrected chi connectivity index (χ3v) is 3.05. The van der Waals surface area contributed by atoms with Gasteiger partial charge in [-0.3, -0.25) is 0 Å². The van der Waals surface area contributed by atoms with Crippen LogP contribution in [0.3, 0.4) is 0 Å². The molecule has 0 spiro atoms. The summed E-state index contributed by atoms with van der Waals surface area (Å²) in [4.78, 5) is 6.59. The molecule has 2 rings (SSSR count). The Balaban J connectivity index is 2.50. The normalized spacial score (nSPS) is 10.7. The second-order valence-corrected chi connectivity index (χ2v) is 4.29. The number of aromatic nitrogens is 1. The number of fused-ring (bicyclic) bond motifs is 1. The summed E-state index contributed by atoms with van der Waals surface area (Å²) in [7, 11) is 1.66. The van der Waals surface area contributed by atoms with E-state index in [4.69, 9.17) is 16.2 Å². The molecule has 0 saturated heterocycles. The smallest absolute Gasteiger partial charge is 0.136 e. The molecule has 19 heavy (non-hydrogen) atoms. The van der Waals surface area contributed by atoms with Gasteiger partial charge in [0.1, 0.15) is 11.6 Å². The molecule has 0 saturated carbocycles. The molecule has 0 fully saturated rings. The van der Waals surface area contributed by atoms with E-state index in [9.17, 15) is 0 Å². The van der Waals surface area contributed by atoms with Crippen molar-refractivity contribution >= 4 is 16.6 Å². The monoisotopic (exact) mass is 260 g/mol. The van der Waals surface area contributed by atoms with Gasteiger partial charge in [0.25, 0.3) is 0 Å². The highest BCUT2D eigenvalue weighted by Crippen LogP contribution is 2.27. The predicted molar refractivity (Wildman–Crippen MR) is 78.6 cm³/mol. The summed E-state index contributed by atoms with van der Waals surface area (Å²) in [6, 6.07) is 7.96. The number of ether oxygens (including phenoxy) is 1. The van der Waals surface area contributed by atoms with E-state index >= 15 is 0 Å². The molecule has 5 nitrogen and oxygen atoms in total. The van der Waals surface area contributed by atoms with Crippen LogP contribution in [-0.4, -0.2) is 38.3 Å². The first-order chi connectivity index (χ1) is 9.30. The topological polar surface area (TPSA) is 77.4 Å². The highest BCUT2D eigenvalue weighted by Gasteiger charge is 2.11. The van der Waals surface area contributed by atoms with Crippen molar-refractivity contribution in [3.05, 3.63) is 30.5 Å². The molecule has 102 valence electrons. The van der Waals surface area contributed by atoms with Gasteiger partial charge in [0.05, 0.1) is 7.11 Å². The van der Waals surface area contributed by atoms with Gasteiger partial charge in [-0.25, -0.2) is 4.98 Å². The first kappa shape index (κ1) is 13.6. The maximum absolute atomic E-state index is 5.66. The number of nitrogens with zero attached hydrogens (tertiary/aromatic N) is 2. The van der Waals surface area contributed by atoms with Crippen molar-refractivity contribution < 1.29 is 4.74 Å². The molecule has 5 heteroatoms. The fraction of sp³-hybridized carbons (Fsp3) is 0.357. The summed E-state index contributed by atoms with van der Waals surface area (Å²) in [6.07, 6.45) is 1.81. The number of methoxy groups -OCH3 is 1. The average Bonchev–Trinajstić information content (AvgIpc) is 2.46. The zero-order valence-corrected chi connectivity index (χ0v) is 11.2. The Morgan fingerprint density at radius 2 is 1.89 bits per heavy atom. The molecule has 2 aromatic rings. The van der Waals surface area contributed by atoms with E-state index in [-0.39, 0.29) is 0 Å². The number of pyridine rings is 1. The van der Waals surface area contributed by atoms with Crippen LogP contribution in [0, 0.1) is 0 Å². The molecule has 0 aliphatic heterocycles. The van der Waals surface area contributed by atoms with Crippen LogP contribution in [0.5, 0.6) is 5.75 Å². The Bertz CT molecular complexity index is 538. The molecule has 0 unspecified atom stereocenters. The lowest BCUT2D eigenvalue weighted by molar-refractivity contribution is 0.415. The van der Waals surface area contributed by atoms with Crippen molar-refractivity contribution in [3.63, 3.8) is 0 Å². The Kier molecular flexibility index (Phi) is 4.54. The van der Waals surface area contributed by atoms with E-state index < -0.39 is 0 Å². The van der Waals surface area contributed by atoms with Gasteiger partial charge in [-0.15, -0.1) is 0 Å². The van der Waals surface area contributed by atoms with Gasteiger partial charge in [-0.05, 0) is 23.6 Å². The van der Waals surface area contributed by atoms with Gasteiger partial charge in [-0.1, -0.05) is 6.07 Å². The third-order valence-electron chi connectivity index (χ3n) is 3.05. The molecule has 1 aromatic heterocycles. The molecule has 0 bridgehead atoms. The number of benzene rings is 1. The molecule has 0 aliphatic carbocycles. The lowest BCUT2D eigenvalue weighted by Gasteiger charge is -2.23. The summed E-state index contributed by atoms with van der Waals surface area (Å²) in [6.45, 7) is 2.62. The van der Waals surface area contributed by atoms with Crippen molar-refractivity contribution in [1.82, 2.24) is 4.98 Å². The summed E-state index contributed by atoms with van der Waals surface area (Å²) in [5.41, 5.74) is 11.3. The van der Waals surface area contributed by atoms with Crippen LogP contribution in [0.1, 0.15) is 0 Å². The molecular weight excluding hydrogens is 240 g/mol. The van der Waals surface area contributed by atoms with Gasteiger partial charge in [0.2, 0.25) is 0 Å². The van der Waals surface area contributed by atoms with Crippen LogP contribution in [0.2, 0.25) is 0 Å². The van der Waals surface area contributed by atoms with Crippen molar-refractivity contribution in [1.29, 1.82) is 0 Å². The average molecular weight is 260 g/mol. The molecule has 4 N–H and O–H groups in total. The number of rotatable bonds is 6. The first-order valence-corrected chi connectivity index (χ1v) is 6.38. The van der Waals surface area contributed by atoms with Crippen LogP contribution in [-0.2, 0) is 0 Å². The Hall–Kier alpha value is -1.85. The van der Waals surface area contributed by atoms with Gasteiger partial charge < -0.3 is 21.1 Å². The highest BCUT2D eigenvalue weighted by atomic mass is 16.5. The molecule has 0 atom stereocenters. The van der Waals surface area contributed by atoms with E-state index in [1.54, 1.807) is 7.11 Å². The van der Waals surface area contributed by atoms with Gasteiger partial charge >= 0.3 is 0 Å². The van der Waals surface area contributed by atoms with E-state index in [0.29, 0.717) is 13.1 Å². The Morgan fingerprint density at radius 1 is 1.16 bits per heavy atom. The van der Waals surface area contributed by atoms with Gasteiger partial charge in [0.15, 0.2) is 0 Å². The summed E-state index contributed by atoms with van der Waals surface area (Å²) >= 11 is 0. The van der Waals surface area contributed by atoms with E-state index in [1.165, 1.54) is 0 Å². The molecule has 1 heterocycles. The Morgan fingerprint density at radius 3 is 2.53 bits per heavy atom. The zero-order valence-electron chi connectivity index (χ0n) is 11.2. The van der Waals surface area contributed by atoms with E-state index in [0.717, 1.165) is 35.4 Å². The van der Waals surface area contributed by atoms with Crippen LogP contribution >= 0.6 is 0 Å². The Labute approximate surface area is 113 Å². The minimum atomic E-state index is 0.571. The fourth-order valence-corrected chi connectivity index (χ4v) is 2.15. The van der Waals surface area contributed by atoms with Crippen LogP contribution < -0.4 is 21.1 Å². The standard InChI is InChI=1S/C14H20N4O/c1-19-12-3-2-11-4-7-17-14(13(11)10-12)18(8-5-15)9-6-16/h2-4,7,10H,5-6,8-9,15-16H2,1H3. The molecule has 0 radical (unpaired) electrons. The van der Waals surface area contributed by atoms with Crippen molar-refractivity contribution in [2.24, 2.45) is 11.5 Å². The van der Waals surface area contributed by atoms with Crippen molar-refractivity contribution in [2.75, 3.05) is 38.2 Å². The summed E-state index contributed by atoms with van der Waals surface area (Å²) in [5.74, 6) is 1.73. The SMILES string of the molecule is COc1ccc2ccnc(N(CCN)CCN)c2c1. The molecule has 0 aliphatic rings. The van der Waals surface area contributed by atoms with Crippen LogP contribution in [0.4, 0.5) is 5.82 Å². The highest BCUT2D eigenvalue weighted by molar-refractivity contribution is 5.93. The van der Waals surface area contributed by atoms with E-state index in [2.05, 4.69) is 9.88 Å². The number of nitrogens with two attached hydrogens (primary N) is 2. The lowest BCUT2D eigenvalue weighted by atomic mass is 10.1. The molecular formula is C14H20N4O. The minimum absolute atomic E-state index is 0.571. The quantitative estimate of drug-likeness (QED) is 0.809. The number of hydrogen-bond acceptors (Lipinski definition) is 5. The second kappa shape index (κ2) is 6.36. The third kappa shape index (κ3) is 2.94.